The molecule has 2 saturated heterocycles. The molecule has 1 N–H and O–H groups in total. The predicted molar refractivity (Wildman–Crippen MR) is 78.7 cm³/mol. The van der Waals surface area contributed by atoms with E-state index in [0.29, 0.717) is 0 Å². The molecule has 3 fully saturated rings. The first kappa shape index (κ1) is 14.3. The lowest BCUT2D eigenvalue weighted by molar-refractivity contribution is -0.150. The number of carboxylic acids is 1. The Balaban J connectivity index is 1.63. The molecule has 2 aliphatic heterocycles. The third kappa shape index (κ3) is 2.60. The van der Waals surface area contributed by atoms with Crippen molar-refractivity contribution in [3.05, 3.63) is 0 Å². The first-order chi connectivity index (χ1) is 9.61. The standard InChI is InChI=1S/C16H28N2O2/c1-17-9-4-5-13-11-18(10-6-14(13)17)12-16(15(19)20)7-2-3-8-16/h13-14H,2-12H2,1H3,(H,19,20). The summed E-state index contributed by atoms with van der Waals surface area (Å²) in [4.78, 5) is 16.7. The van der Waals surface area contributed by atoms with Crippen molar-refractivity contribution in [3.63, 3.8) is 0 Å². The molecule has 1 saturated carbocycles. The molecule has 4 heteroatoms. The lowest BCUT2D eigenvalue weighted by Crippen LogP contribution is -2.54. The van der Waals surface area contributed by atoms with Crippen LogP contribution in [0.1, 0.15) is 44.9 Å². The smallest absolute Gasteiger partial charge is 0.310 e. The van der Waals surface area contributed by atoms with Crippen LogP contribution >= 0.6 is 0 Å². The molecule has 0 bridgehead atoms. The van der Waals surface area contributed by atoms with E-state index in [9.17, 15) is 9.90 Å². The van der Waals surface area contributed by atoms with Gasteiger partial charge in [-0.15, -0.1) is 0 Å². The van der Waals surface area contributed by atoms with Gasteiger partial charge in [-0.2, -0.15) is 0 Å². The number of hydrogen-bond donors (Lipinski definition) is 1. The van der Waals surface area contributed by atoms with Crippen molar-refractivity contribution >= 4 is 5.97 Å². The molecule has 0 spiro atoms. The molecule has 0 radical (unpaired) electrons. The highest BCUT2D eigenvalue weighted by Crippen LogP contribution is 2.40. The van der Waals surface area contributed by atoms with Crippen LogP contribution in [0.15, 0.2) is 0 Å². The molecule has 0 aromatic rings. The van der Waals surface area contributed by atoms with Crippen molar-refractivity contribution < 1.29 is 9.90 Å². The Morgan fingerprint density at radius 3 is 2.65 bits per heavy atom. The zero-order valence-electron chi connectivity index (χ0n) is 12.7. The molecule has 0 amide bonds. The number of carbonyl (C=O) groups is 1. The Kier molecular flexibility index (Phi) is 4.04. The Bertz CT molecular complexity index is 365. The summed E-state index contributed by atoms with van der Waals surface area (Å²) in [6.45, 7) is 4.22. The van der Waals surface area contributed by atoms with Gasteiger partial charge in [0.05, 0.1) is 5.41 Å². The minimum atomic E-state index is -0.558. The molecular formula is C16H28N2O2. The largest absolute Gasteiger partial charge is 0.481 e. The molecule has 2 unspecified atom stereocenters. The Morgan fingerprint density at radius 2 is 1.95 bits per heavy atom. The summed E-state index contributed by atoms with van der Waals surface area (Å²) in [5, 5.41) is 9.63. The van der Waals surface area contributed by atoms with Crippen LogP contribution in [-0.4, -0.2) is 60.1 Å². The fourth-order valence-corrected chi connectivity index (χ4v) is 4.79. The summed E-state index contributed by atoms with van der Waals surface area (Å²) in [6.07, 6.45) is 7.79. The van der Waals surface area contributed by atoms with Crippen molar-refractivity contribution in [1.82, 2.24) is 9.80 Å². The van der Waals surface area contributed by atoms with Gasteiger partial charge in [-0.05, 0) is 58.2 Å². The summed E-state index contributed by atoms with van der Waals surface area (Å²) in [6, 6.07) is 0.740. The molecule has 114 valence electrons. The van der Waals surface area contributed by atoms with Crippen molar-refractivity contribution in [2.45, 2.75) is 51.0 Å². The van der Waals surface area contributed by atoms with Crippen LogP contribution in [0.25, 0.3) is 0 Å². The topological polar surface area (TPSA) is 43.8 Å². The van der Waals surface area contributed by atoms with E-state index in [2.05, 4.69) is 16.8 Å². The van der Waals surface area contributed by atoms with Crippen LogP contribution in [0.4, 0.5) is 0 Å². The van der Waals surface area contributed by atoms with Crippen molar-refractivity contribution in [3.8, 4) is 0 Å². The van der Waals surface area contributed by atoms with Gasteiger partial charge in [0.15, 0.2) is 0 Å². The van der Waals surface area contributed by atoms with Gasteiger partial charge in [0.25, 0.3) is 0 Å². The van der Waals surface area contributed by atoms with Gasteiger partial charge in [0.1, 0.15) is 0 Å². The summed E-state index contributed by atoms with van der Waals surface area (Å²) >= 11 is 0. The van der Waals surface area contributed by atoms with Crippen LogP contribution in [0.3, 0.4) is 0 Å². The number of rotatable bonds is 3. The van der Waals surface area contributed by atoms with Crippen molar-refractivity contribution in [2.75, 3.05) is 33.2 Å². The molecule has 20 heavy (non-hydrogen) atoms. The van der Waals surface area contributed by atoms with Crippen molar-refractivity contribution in [2.24, 2.45) is 11.3 Å². The highest BCUT2D eigenvalue weighted by atomic mass is 16.4. The molecule has 1 aliphatic carbocycles. The van der Waals surface area contributed by atoms with Gasteiger partial charge < -0.3 is 14.9 Å². The third-order valence-electron chi connectivity index (χ3n) is 5.97. The zero-order valence-corrected chi connectivity index (χ0v) is 12.7. The zero-order chi connectivity index (χ0) is 14.2. The lowest BCUT2D eigenvalue weighted by Gasteiger charge is -2.47. The highest BCUT2D eigenvalue weighted by molar-refractivity contribution is 5.75. The van der Waals surface area contributed by atoms with E-state index in [-0.39, 0.29) is 0 Å². The Labute approximate surface area is 122 Å². The van der Waals surface area contributed by atoms with E-state index >= 15 is 0 Å². The first-order valence-corrected chi connectivity index (χ1v) is 8.27. The van der Waals surface area contributed by atoms with E-state index in [1.807, 2.05) is 0 Å². The van der Waals surface area contributed by atoms with E-state index < -0.39 is 11.4 Å². The molecule has 0 aromatic heterocycles. The van der Waals surface area contributed by atoms with Crippen LogP contribution in [0.2, 0.25) is 0 Å². The minimum Gasteiger partial charge on any atom is -0.481 e. The predicted octanol–water partition coefficient (Wildman–Crippen LogP) is 2.05. The first-order valence-electron chi connectivity index (χ1n) is 8.27. The maximum absolute atomic E-state index is 11.7. The Hall–Kier alpha value is -0.610. The summed E-state index contributed by atoms with van der Waals surface area (Å²) in [5.74, 6) is 0.202. The second-order valence-electron chi connectivity index (χ2n) is 7.27. The summed E-state index contributed by atoms with van der Waals surface area (Å²) < 4.78 is 0. The van der Waals surface area contributed by atoms with Crippen molar-refractivity contribution in [1.29, 1.82) is 0 Å². The van der Waals surface area contributed by atoms with Gasteiger partial charge in [0, 0.05) is 19.1 Å². The third-order valence-corrected chi connectivity index (χ3v) is 5.97. The van der Waals surface area contributed by atoms with Crippen LogP contribution < -0.4 is 0 Å². The monoisotopic (exact) mass is 280 g/mol. The molecular weight excluding hydrogens is 252 g/mol. The van der Waals surface area contributed by atoms with Gasteiger partial charge in [0.2, 0.25) is 0 Å². The number of likely N-dealkylation sites (tertiary alicyclic amines) is 2. The molecule has 2 heterocycles. The average molecular weight is 280 g/mol. The minimum absolute atomic E-state index is 0.437. The van der Waals surface area contributed by atoms with E-state index in [1.54, 1.807) is 0 Å². The maximum atomic E-state index is 11.7. The number of fused-ring (bicyclic) bond motifs is 1. The highest BCUT2D eigenvalue weighted by Gasteiger charge is 2.44. The fraction of sp³-hybridized carbons (Fsp3) is 0.938. The average Bonchev–Trinajstić information content (AvgIpc) is 2.89. The van der Waals surface area contributed by atoms with E-state index in [4.69, 9.17) is 0 Å². The van der Waals surface area contributed by atoms with Gasteiger partial charge >= 0.3 is 5.97 Å². The van der Waals surface area contributed by atoms with E-state index in [1.165, 1.54) is 25.8 Å². The van der Waals surface area contributed by atoms with Gasteiger partial charge in [-0.1, -0.05) is 12.8 Å². The number of aliphatic carboxylic acids is 1. The van der Waals surface area contributed by atoms with Gasteiger partial charge in [-0.3, -0.25) is 4.79 Å². The molecule has 3 aliphatic rings. The Morgan fingerprint density at radius 1 is 1.20 bits per heavy atom. The van der Waals surface area contributed by atoms with E-state index in [0.717, 1.165) is 57.3 Å². The van der Waals surface area contributed by atoms with Crippen LogP contribution in [-0.2, 0) is 4.79 Å². The lowest BCUT2D eigenvalue weighted by atomic mass is 9.81. The maximum Gasteiger partial charge on any atom is 0.310 e. The number of piperidine rings is 2. The van der Waals surface area contributed by atoms with Gasteiger partial charge in [-0.25, -0.2) is 0 Å². The van der Waals surface area contributed by atoms with Crippen LogP contribution in [0.5, 0.6) is 0 Å². The normalized spacial score (nSPS) is 34.9. The second kappa shape index (κ2) is 5.64. The molecule has 0 aromatic carbocycles. The number of nitrogens with zero attached hydrogens (tertiary/aromatic N) is 2. The summed E-state index contributed by atoms with van der Waals surface area (Å²) in [5.41, 5.74) is -0.437. The number of hydrogen-bond acceptors (Lipinski definition) is 3. The molecule has 2 atom stereocenters. The molecule has 3 rings (SSSR count). The second-order valence-corrected chi connectivity index (χ2v) is 7.27. The van der Waals surface area contributed by atoms with Crippen LogP contribution in [0, 0.1) is 11.3 Å². The molecule has 4 nitrogen and oxygen atoms in total. The fourth-order valence-electron chi connectivity index (χ4n) is 4.79. The SMILES string of the molecule is CN1CCCC2CN(CC3(C(=O)O)CCCC3)CCC21. The summed E-state index contributed by atoms with van der Waals surface area (Å²) in [7, 11) is 2.25. The number of carboxylic acid groups (broad SMARTS) is 1. The quantitative estimate of drug-likeness (QED) is 0.859.